The fourth-order valence-electron chi connectivity index (χ4n) is 2.04. The van der Waals surface area contributed by atoms with Gasteiger partial charge in [0.25, 0.3) is 0 Å². The summed E-state index contributed by atoms with van der Waals surface area (Å²) >= 11 is 0. The molecule has 0 radical (unpaired) electrons. The van der Waals surface area contributed by atoms with E-state index in [1.165, 1.54) is 0 Å². The normalized spacial score (nSPS) is 11.8. The van der Waals surface area contributed by atoms with Gasteiger partial charge in [-0.1, -0.05) is 19.1 Å². The van der Waals surface area contributed by atoms with E-state index >= 15 is 0 Å². The second-order valence-corrected chi connectivity index (χ2v) is 6.14. The third-order valence-corrected chi connectivity index (χ3v) is 3.25. The van der Waals surface area contributed by atoms with Crippen LogP contribution in [0, 0.1) is 0 Å². The smallest absolute Gasteiger partial charge is 0.0548 e. The zero-order valence-electron chi connectivity index (χ0n) is 13.4. The summed E-state index contributed by atoms with van der Waals surface area (Å²) in [6.45, 7) is 16.3. The lowest BCUT2D eigenvalue weighted by Crippen LogP contribution is -2.41. The number of nitrogens with zero attached hydrogens (tertiary/aromatic N) is 2. The molecule has 3 nitrogen and oxygen atoms in total. The molecule has 0 amide bonds. The quantitative estimate of drug-likeness (QED) is 0.582. The van der Waals surface area contributed by atoms with Crippen LogP contribution >= 0.6 is 0 Å². The van der Waals surface area contributed by atoms with Gasteiger partial charge in [-0.25, -0.2) is 0 Å². The summed E-state index contributed by atoms with van der Waals surface area (Å²) in [4.78, 5) is 7.12. The molecule has 1 heterocycles. The van der Waals surface area contributed by atoms with Crippen molar-refractivity contribution in [3.05, 3.63) is 42.2 Å². The minimum Gasteiger partial charge on any atom is -0.311 e. The Morgan fingerprint density at radius 3 is 2.60 bits per heavy atom. The summed E-state index contributed by atoms with van der Waals surface area (Å²) in [5.41, 5.74) is 2.35. The average Bonchev–Trinajstić information content (AvgIpc) is 2.38. The lowest BCUT2D eigenvalue weighted by Gasteiger charge is -2.34. The zero-order valence-corrected chi connectivity index (χ0v) is 13.4. The average molecular weight is 275 g/mol. The monoisotopic (exact) mass is 275 g/mol. The Bertz CT molecular complexity index is 407. The van der Waals surface area contributed by atoms with E-state index in [0.29, 0.717) is 0 Å². The van der Waals surface area contributed by atoms with Gasteiger partial charge in [0.05, 0.1) is 11.4 Å². The first-order valence-corrected chi connectivity index (χ1v) is 7.49. The first kappa shape index (κ1) is 16.9. The van der Waals surface area contributed by atoms with Crippen molar-refractivity contribution in [2.75, 3.05) is 13.1 Å². The Hall–Kier alpha value is -1.19. The summed E-state index contributed by atoms with van der Waals surface area (Å²) in [7, 11) is 0. The predicted molar refractivity (Wildman–Crippen MR) is 86.6 cm³/mol. The van der Waals surface area contributed by atoms with Gasteiger partial charge >= 0.3 is 0 Å². The molecule has 0 aliphatic rings. The van der Waals surface area contributed by atoms with Crippen LogP contribution in [0.1, 0.15) is 45.5 Å². The standard InChI is InChI=1S/C17H29N3/c1-6-11-18-13-15-9-8-10-16(19-15)14-20(12-7-2)17(3,4)5/h7-10,18H,2,6,11-14H2,1,3-5H3. The number of aromatic nitrogens is 1. The van der Waals surface area contributed by atoms with E-state index in [9.17, 15) is 0 Å². The third kappa shape index (κ3) is 5.85. The summed E-state index contributed by atoms with van der Waals surface area (Å²) in [5, 5.41) is 3.40. The Kier molecular flexibility index (Phi) is 6.89. The second kappa shape index (κ2) is 8.18. The van der Waals surface area contributed by atoms with E-state index in [1.54, 1.807) is 0 Å². The maximum Gasteiger partial charge on any atom is 0.0548 e. The molecule has 0 aliphatic heterocycles. The molecule has 0 saturated heterocycles. The third-order valence-electron chi connectivity index (χ3n) is 3.25. The number of hydrogen-bond acceptors (Lipinski definition) is 3. The van der Waals surface area contributed by atoms with E-state index in [-0.39, 0.29) is 5.54 Å². The first-order valence-electron chi connectivity index (χ1n) is 7.49. The van der Waals surface area contributed by atoms with Gasteiger partial charge in [-0.2, -0.15) is 0 Å². The molecule has 1 N–H and O–H groups in total. The molecule has 0 aromatic carbocycles. The molecule has 112 valence electrons. The molecule has 1 aromatic rings. The molecule has 0 fully saturated rings. The number of nitrogens with one attached hydrogen (secondary N) is 1. The minimum absolute atomic E-state index is 0.117. The van der Waals surface area contributed by atoms with Crippen molar-refractivity contribution >= 4 is 0 Å². The highest BCUT2D eigenvalue weighted by Crippen LogP contribution is 2.16. The summed E-state index contributed by atoms with van der Waals surface area (Å²) in [5.74, 6) is 0. The van der Waals surface area contributed by atoms with Crippen LogP contribution < -0.4 is 5.32 Å². The predicted octanol–water partition coefficient (Wildman–Crippen LogP) is 3.37. The molecule has 1 aromatic heterocycles. The molecule has 20 heavy (non-hydrogen) atoms. The maximum atomic E-state index is 4.74. The highest BCUT2D eigenvalue weighted by molar-refractivity contribution is 5.11. The van der Waals surface area contributed by atoms with Crippen molar-refractivity contribution in [2.24, 2.45) is 0 Å². The lowest BCUT2D eigenvalue weighted by atomic mass is 10.1. The van der Waals surface area contributed by atoms with E-state index in [1.807, 2.05) is 6.08 Å². The van der Waals surface area contributed by atoms with Crippen LogP contribution in [0.5, 0.6) is 0 Å². The van der Waals surface area contributed by atoms with Crippen LogP contribution in [-0.4, -0.2) is 28.5 Å². The second-order valence-electron chi connectivity index (χ2n) is 6.14. The summed E-state index contributed by atoms with van der Waals surface area (Å²) in [6.07, 6.45) is 3.11. The summed E-state index contributed by atoms with van der Waals surface area (Å²) < 4.78 is 0. The van der Waals surface area contributed by atoms with E-state index < -0.39 is 0 Å². The Morgan fingerprint density at radius 1 is 1.30 bits per heavy atom. The molecular formula is C17H29N3. The van der Waals surface area contributed by atoms with Gasteiger partial charge in [-0.3, -0.25) is 9.88 Å². The number of rotatable bonds is 8. The van der Waals surface area contributed by atoms with Crippen LogP contribution in [0.25, 0.3) is 0 Å². The van der Waals surface area contributed by atoms with Gasteiger partial charge in [-0.15, -0.1) is 6.58 Å². The molecule has 0 atom stereocenters. The first-order chi connectivity index (χ1) is 9.47. The van der Waals surface area contributed by atoms with Crippen LogP contribution in [0.15, 0.2) is 30.9 Å². The van der Waals surface area contributed by atoms with Crippen molar-refractivity contribution in [2.45, 2.75) is 52.7 Å². The molecule has 0 bridgehead atoms. The Balaban J connectivity index is 2.70. The van der Waals surface area contributed by atoms with Crippen LogP contribution in [0.2, 0.25) is 0 Å². The Labute approximate surface area is 124 Å². The highest BCUT2D eigenvalue weighted by atomic mass is 15.2. The maximum absolute atomic E-state index is 4.74. The fraction of sp³-hybridized carbons (Fsp3) is 0.588. The van der Waals surface area contributed by atoms with Gasteiger partial charge < -0.3 is 5.32 Å². The van der Waals surface area contributed by atoms with Gasteiger partial charge in [0.15, 0.2) is 0 Å². The van der Waals surface area contributed by atoms with Crippen molar-refractivity contribution in [1.82, 2.24) is 15.2 Å². The molecule has 0 unspecified atom stereocenters. The zero-order chi connectivity index (χ0) is 15.0. The van der Waals surface area contributed by atoms with E-state index in [2.05, 4.69) is 62.7 Å². The summed E-state index contributed by atoms with van der Waals surface area (Å²) in [6, 6.07) is 6.28. The minimum atomic E-state index is 0.117. The van der Waals surface area contributed by atoms with Crippen molar-refractivity contribution < 1.29 is 0 Å². The topological polar surface area (TPSA) is 28.2 Å². The molecule has 1 rings (SSSR count). The molecule has 0 spiro atoms. The lowest BCUT2D eigenvalue weighted by molar-refractivity contribution is 0.143. The SMILES string of the molecule is C=CCN(Cc1cccc(CNCCC)n1)C(C)(C)C. The van der Waals surface area contributed by atoms with Crippen LogP contribution in [0.4, 0.5) is 0 Å². The van der Waals surface area contributed by atoms with Crippen LogP contribution in [0.3, 0.4) is 0 Å². The molecule has 0 saturated carbocycles. The van der Waals surface area contributed by atoms with Gasteiger partial charge in [0.2, 0.25) is 0 Å². The van der Waals surface area contributed by atoms with E-state index in [0.717, 1.165) is 44.0 Å². The van der Waals surface area contributed by atoms with Crippen LogP contribution in [-0.2, 0) is 13.1 Å². The fourth-order valence-corrected chi connectivity index (χ4v) is 2.04. The molecule has 0 aliphatic carbocycles. The number of hydrogen-bond donors (Lipinski definition) is 1. The van der Waals surface area contributed by atoms with Gasteiger partial charge in [-0.05, 0) is 45.9 Å². The highest BCUT2D eigenvalue weighted by Gasteiger charge is 2.20. The van der Waals surface area contributed by atoms with Crippen molar-refractivity contribution in [3.63, 3.8) is 0 Å². The van der Waals surface area contributed by atoms with Gasteiger partial charge in [0, 0.05) is 25.2 Å². The molecule has 3 heteroatoms. The Morgan fingerprint density at radius 2 is 2.00 bits per heavy atom. The van der Waals surface area contributed by atoms with Crippen molar-refractivity contribution in [3.8, 4) is 0 Å². The van der Waals surface area contributed by atoms with Gasteiger partial charge in [0.1, 0.15) is 0 Å². The molecular weight excluding hydrogens is 246 g/mol. The van der Waals surface area contributed by atoms with Crippen molar-refractivity contribution in [1.29, 1.82) is 0 Å². The number of pyridine rings is 1. The van der Waals surface area contributed by atoms with E-state index in [4.69, 9.17) is 4.98 Å². The largest absolute Gasteiger partial charge is 0.311 e.